The van der Waals surface area contributed by atoms with Crippen molar-refractivity contribution in [1.29, 1.82) is 0 Å². The molecule has 0 aromatic heterocycles. The lowest BCUT2D eigenvalue weighted by molar-refractivity contribution is -0.393. The second-order valence-corrected chi connectivity index (χ2v) is 4.99. The fourth-order valence-corrected chi connectivity index (χ4v) is 2.08. The second kappa shape index (κ2) is 8.33. The fourth-order valence-electron chi connectivity index (χ4n) is 2.08. The molecule has 0 saturated carbocycles. The summed E-state index contributed by atoms with van der Waals surface area (Å²) in [6, 6.07) is 6.96. The molecule has 12 heteroatoms. The highest BCUT2D eigenvalue weighted by Gasteiger charge is 2.20. The van der Waals surface area contributed by atoms with Gasteiger partial charge in [0.1, 0.15) is 17.2 Å². The number of ether oxygens (including phenoxy) is 2. The number of nitro benzene ring substituents is 2. The molecule has 2 amide bonds. The van der Waals surface area contributed by atoms with Gasteiger partial charge in [0.05, 0.1) is 35.8 Å². The Kier molecular flexibility index (Phi) is 5.94. The molecule has 3 N–H and O–H groups in total. The van der Waals surface area contributed by atoms with Crippen LogP contribution in [0.15, 0.2) is 36.4 Å². The van der Waals surface area contributed by atoms with Crippen molar-refractivity contribution in [2.24, 2.45) is 0 Å². The van der Waals surface area contributed by atoms with E-state index >= 15 is 0 Å². The van der Waals surface area contributed by atoms with Gasteiger partial charge < -0.3 is 14.8 Å². The number of nitro groups is 2. The van der Waals surface area contributed by atoms with Crippen molar-refractivity contribution < 1.29 is 24.1 Å². The predicted octanol–water partition coefficient (Wildman–Crippen LogP) is 2.67. The maximum atomic E-state index is 12.1. The third-order valence-corrected chi connectivity index (χ3v) is 3.35. The van der Waals surface area contributed by atoms with E-state index in [2.05, 4.69) is 16.2 Å². The lowest BCUT2D eigenvalue weighted by Gasteiger charge is -2.13. The first-order valence-electron chi connectivity index (χ1n) is 7.33. The zero-order valence-electron chi connectivity index (χ0n) is 14.2. The molecule has 0 aliphatic carbocycles. The van der Waals surface area contributed by atoms with Crippen LogP contribution in [0.5, 0.6) is 11.5 Å². The summed E-state index contributed by atoms with van der Waals surface area (Å²) in [6.45, 7) is 0. The summed E-state index contributed by atoms with van der Waals surface area (Å²) in [7, 11) is 2.88. The molecule has 0 saturated heterocycles. The first-order valence-corrected chi connectivity index (χ1v) is 7.33. The number of hydrogen-bond acceptors (Lipinski definition) is 8. The third-order valence-electron chi connectivity index (χ3n) is 3.35. The van der Waals surface area contributed by atoms with Crippen LogP contribution in [0.25, 0.3) is 0 Å². The summed E-state index contributed by atoms with van der Waals surface area (Å²) < 4.78 is 10.2. The molecular formula is C15H15N5O7. The number of hydrazine groups is 1. The van der Waals surface area contributed by atoms with E-state index in [9.17, 15) is 25.0 Å². The van der Waals surface area contributed by atoms with Crippen LogP contribution < -0.4 is 25.6 Å². The van der Waals surface area contributed by atoms with E-state index in [0.717, 1.165) is 18.2 Å². The van der Waals surface area contributed by atoms with Gasteiger partial charge in [-0.25, -0.2) is 4.79 Å². The van der Waals surface area contributed by atoms with Gasteiger partial charge in [-0.15, -0.1) is 0 Å². The smallest absolute Gasteiger partial charge is 0.337 e. The molecular weight excluding hydrogens is 362 g/mol. The number of non-ortho nitro benzene ring substituents is 1. The van der Waals surface area contributed by atoms with Crippen LogP contribution in [0.1, 0.15) is 0 Å². The molecule has 0 heterocycles. The lowest BCUT2D eigenvalue weighted by atomic mass is 10.2. The molecule has 0 atom stereocenters. The number of hydrogen-bond donors (Lipinski definition) is 3. The van der Waals surface area contributed by atoms with E-state index < -0.39 is 27.3 Å². The Balaban J connectivity index is 2.12. The maximum absolute atomic E-state index is 12.1. The number of nitrogens with zero attached hydrogens (tertiary/aromatic N) is 2. The van der Waals surface area contributed by atoms with Crippen molar-refractivity contribution in [2.75, 3.05) is 25.0 Å². The third kappa shape index (κ3) is 4.72. The van der Waals surface area contributed by atoms with E-state index in [0.29, 0.717) is 17.2 Å². The number of anilines is 2. The highest BCUT2D eigenvalue weighted by atomic mass is 16.6. The van der Waals surface area contributed by atoms with Gasteiger partial charge in [0.2, 0.25) is 0 Å². The number of benzene rings is 2. The summed E-state index contributed by atoms with van der Waals surface area (Å²) in [5.41, 5.74) is 3.72. The summed E-state index contributed by atoms with van der Waals surface area (Å²) in [6.07, 6.45) is 0. The minimum Gasteiger partial charge on any atom is -0.497 e. The van der Waals surface area contributed by atoms with Crippen molar-refractivity contribution in [3.05, 3.63) is 56.6 Å². The first-order chi connectivity index (χ1) is 12.8. The van der Waals surface area contributed by atoms with E-state index in [1.165, 1.54) is 20.3 Å². The Bertz CT molecular complexity index is 887. The number of rotatable bonds is 7. The molecule has 0 aliphatic rings. The molecule has 2 aromatic carbocycles. The standard InChI is InChI=1S/C15H15N5O7/c1-26-10-4-6-14(27-2)12(8-10)16-15(21)18-17-11-5-3-9(19(22)23)7-13(11)20(24)25/h3-8,17H,1-2H3,(H2,16,18,21). The second-order valence-electron chi connectivity index (χ2n) is 4.99. The van der Waals surface area contributed by atoms with Crippen LogP contribution in [-0.2, 0) is 0 Å². The normalized spacial score (nSPS) is 9.85. The summed E-state index contributed by atoms with van der Waals surface area (Å²) in [5, 5.41) is 24.3. The molecule has 2 aromatic rings. The zero-order chi connectivity index (χ0) is 20.0. The van der Waals surface area contributed by atoms with Gasteiger partial charge in [-0.2, -0.15) is 0 Å². The molecule has 2 rings (SSSR count). The van der Waals surface area contributed by atoms with E-state index in [-0.39, 0.29) is 5.69 Å². The summed E-state index contributed by atoms with van der Waals surface area (Å²) >= 11 is 0. The van der Waals surface area contributed by atoms with Crippen molar-refractivity contribution in [1.82, 2.24) is 5.43 Å². The molecule has 27 heavy (non-hydrogen) atoms. The number of methoxy groups -OCH3 is 2. The maximum Gasteiger partial charge on any atom is 0.337 e. The van der Waals surface area contributed by atoms with Gasteiger partial charge in [-0.3, -0.25) is 31.1 Å². The molecule has 0 radical (unpaired) electrons. The molecule has 0 unspecified atom stereocenters. The van der Waals surface area contributed by atoms with Gasteiger partial charge in [-0.1, -0.05) is 0 Å². The molecule has 142 valence electrons. The van der Waals surface area contributed by atoms with Crippen LogP contribution in [0.3, 0.4) is 0 Å². The Morgan fingerprint density at radius 1 is 0.963 bits per heavy atom. The Hall–Kier alpha value is -4.09. The van der Waals surface area contributed by atoms with Crippen molar-refractivity contribution in [3.8, 4) is 11.5 Å². The van der Waals surface area contributed by atoms with Crippen LogP contribution >= 0.6 is 0 Å². The van der Waals surface area contributed by atoms with Gasteiger partial charge in [-0.05, 0) is 18.2 Å². The average molecular weight is 377 g/mol. The SMILES string of the molecule is COc1ccc(OC)c(NC(=O)NNc2ccc([N+](=O)[O-])cc2[N+](=O)[O-])c1. The van der Waals surface area contributed by atoms with E-state index in [1.54, 1.807) is 12.1 Å². The summed E-state index contributed by atoms with van der Waals surface area (Å²) in [4.78, 5) is 32.3. The molecule has 0 bridgehead atoms. The van der Waals surface area contributed by atoms with Crippen LogP contribution in [0.2, 0.25) is 0 Å². The van der Waals surface area contributed by atoms with Crippen LogP contribution in [0.4, 0.5) is 27.5 Å². The van der Waals surface area contributed by atoms with Crippen molar-refractivity contribution >= 4 is 28.8 Å². The van der Waals surface area contributed by atoms with E-state index in [1.807, 2.05) is 0 Å². The Labute approximate surface area is 152 Å². The minimum atomic E-state index is -0.806. The minimum absolute atomic E-state index is 0.127. The number of nitrogens with one attached hydrogen (secondary N) is 3. The highest BCUT2D eigenvalue weighted by Crippen LogP contribution is 2.30. The molecule has 0 aliphatic heterocycles. The Morgan fingerprint density at radius 2 is 1.70 bits per heavy atom. The number of urea groups is 1. The van der Waals surface area contributed by atoms with Gasteiger partial charge in [0.15, 0.2) is 0 Å². The quantitative estimate of drug-likeness (QED) is 0.491. The molecule has 12 nitrogen and oxygen atoms in total. The fraction of sp³-hybridized carbons (Fsp3) is 0.133. The molecule has 0 fully saturated rings. The number of amides is 2. The highest BCUT2D eigenvalue weighted by molar-refractivity contribution is 5.92. The van der Waals surface area contributed by atoms with Crippen LogP contribution in [-0.4, -0.2) is 30.1 Å². The summed E-state index contributed by atoms with van der Waals surface area (Å²) in [5.74, 6) is 0.845. The van der Waals surface area contributed by atoms with Crippen molar-refractivity contribution in [3.63, 3.8) is 0 Å². The first kappa shape index (κ1) is 19.2. The largest absolute Gasteiger partial charge is 0.497 e. The molecule has 0 spiro atoms. The number of carbonyl (C=O) groups excluding carboxylic acids is 1. The van der Waals surface area contributed by atoms with Crippen molar-refractivity contribution in [2.45, 2.75) is 0 Å². The van der Waals surface area contributed by atoms with E-state index in [4.69, 9.17) is 9.47 Å². The Morgan fingerprint density at radius 3 is 2.30 bits per heavy atom. The van der Waals surface area contributed by atoms with Gasteiger partial charge in [0, 0.05) is 12.1 Å². The average Bonchev–Trinajstić information content (AvgIpc) is 2.65. The monoisotopic (exact) mass is 377 g/mol. The zero-order valence-corrected chi connectivity index (χ0v) is 14.2. The topological polar surface area (TPSA) is 158 Å². The lowest BCUT2D eigenvalue weighted by Crippen LogP contribution is -2.33. The predicted molar refractivity (Wildman–Crippen MR) is 95.1 cm³/mol. The van der Waals surface area contributed by atoms with Gasteiger partial charge >= 0.3 is 11.7 Å². The number of carbonyl (C=O) groups is 1. The van der Waals surface area contributed by atoms with Gasteiger partial charge in [0.25, 0.3) is 5.69 Å². The van der Waals surface area contributed by atoms with Crippen LogP contribution in [0, 0.1) is 20.2 Å².